The molecule has 0 aliphatic carbocycles. The lowest BCUT2D eigenvalue weighted by atomic mass is 10.3. The number of hydrazine groups is 1. The van der Waals surface area contributed by atoms with Crippen LogP contribution in [0.15, 0.2) is 35.1 Å². The molecule has 0 saturated carbocycles. The van der Waals surface area contributed by atoms with Crippen molar-refractivity contribution in [2.45, 2.75) is 0 Å². The zero-order valence-corrected chi connectivity index (χ0v) is 11.1. The first-order chi connectivity index (χ1) is 8.65. The zero-order chi connectivity index (χ0) is 13.1. The van der Waals surface area contributed by atoms with E-state index in [-0.39, 0.29) is 5.82 Å². The summed E-state index contributed by atoms with van der Waals surface area (Å²) in [7, 11) is 1.71. The minimum atomic E-state index is -0.326. The maximum absolute atomic E-state index is 13.7. The highest BCUT2D eigenvalue weighted by atomic mass is 79.9. The molecule has 0 radical (unpaired) electrons. The van der Waals surface area contributed by atoms with Crippen molar-refractivity contribution in [3.05, 3.63) is 40.9 Å². The summed E-state index contributed by atoms with van der Waals surface area (Å²) in [6, 6.07) is 6.45. The van der Waals surface area contributed by atoms with Gasteiger partial charge >= 0.3 is 0 Å². The lowest BCUT2D eigenvalue weighted by Crippen LogP contribution is -2.16. The predicted octanol–water partition coefficient (Wildman–Crippen LogP) is 2.43. The molecule has 0 unspecified atom stereocenters. The lowest BCUT2D eigenvalue weighted by Gasteiger charge is -2.20. The van der Waals surface area contributed by atoms with E-state index >= 15 is 0 Å². The maximum atomic E-state index is 13.7. The van der Waals surface area contributed by atoms with Crippen LogP contribution in [0.4, 0.5) is 21.7 Å². The summed E-state index contributed by atoms with van der Waals surface area (Å²) in [5.74, 6) is 5.95. The van der Waals surface area contributed by atoms with Crippen molar-refractivity contribution in [1.29, 1.82) is 0 Å². The Hall–Kier alpha value is -1.73. The number of nitrogens with one attached hydrogen (secondary N) is 1. The van der Waals surface area contributed by atoms with E-state index < -0.39 is 0 Å². The summed E-state index contributed by atoms with van der Waals surface area (Å²) in [5, 5.41) is 0. The normalized spacial score (nSPS) is 10.2. The molecular weight excluding hydrogens is 301 g/mol. The van der Waals surface area contributed by atoms with Crippen molar-refractivity contribution in [2.24, 2.45) is 5.84 Å². The molecular formula is C11H11BrFN5. The van der Waals surface area contributed by atoms with Crippen molar-refractivity contribution in [3.8, 4) is 0 Å². The molecule has 1 aromatic heterocycles. The molecule has 0 amide bonds. The fraction of sp³-hybridized carbons (Fsp3) is 0.0909. The molecule has 0 bridgehead atoms. The molecule has 1 aromatic carbocycles. The number of hydrogen-bond donors (Lipinski definition) is 2. The number of hydrogen-bond acceptors (Lipinski definition) is 5. The van der Waals surface area contributed by atoms with E-state index in [2.05, 4.69) is 31.3 Å². The van der Waals surface area contributed by atoms with Gasteiger partial charge in [-0.1, -0.05) is 12.1 Å². The molecule has 94 valence electrons. The smallest absolute Gasteiger partial charge is 0.159 e. The second-order valence-corrected chi connectivity index (χ2v) is 4.31. The Morgan fingerprint density at radius 1 is 1.33 bits per heavy atom. The third kappa shape index (κ3) is 2.27. The van der Waals surface area contributed by atoms with Crippen LogP contribution in [-0.2, 0) is 0 Å². The van der Waals surface area contributed by atoms with Gasteiger partial charge in [0, 0.05) is 7.05 Å². The number of para-hydroxylation sites is 1. The molecule has 18 heavy (non-hydrogen) atoms. The zero-order valence-electron chi connectivity index (χ0n) is 9.56. The molecule has 5 nitrogen and oxygen atoms in total. The summed E-state index contributed by atoms with van der Waals surface area (Å²) in [6.07, 6.45) is 1.35. The summed E-state index contributed by atoms with van der Waals surface area (Å²) in [4.78, 5) is 9.66. The van der Waals surface area contributed by atoms with Gasteiger partial charge in [-0.25, -0.2) is 20.2 Å². The molecule has 1 heterocycles. The van der Waals surface area contributed by atoms with Gasteiger partial charge < -0.3 is 10.3 Å². The lowest BCUT2D eigenvalue weighted by molar-refractivity contribution is 0.627. The highest BCUT2D eigenvalue weighted by Gasteiger charge is 2.15. The third-order valence-electron chi connectivity index (χ3n) is 2.44. The third-order valence-corrected chi connectivity index (χ3v) is 3.17. The molecule has 0 aliphatic rings. The van der Waals surface area contributed by atoms with E-state index in [1.54, 1.807) is 30.1 Å². The predicted molar refractivity (Wildman–Crippen MR) is 72.0 cm³/mol. The molecule has 0 atom stereocenters. The average molecular weight is 312 g/mol. The van der Waals surface area contributed by atoms with Crippen LogP contribution >= 0.6 is 15.9 Å². The maximum Gasteiger partial charge on any atom is 0.159 e. The molecule has 2 rings (SSSR count). The largest absolute Gasteiger partial charge is 0.326 e. The van der Waals surface area contributed by atoms with Gasteiger partial charge in [-0.15, -0.1) is 0 Å². The van der Waals surface area contributed by atoms with Crippen molar-refractivity contribution in [3.63, 3.8) is 0 Å². The van der Waals surface area contributed by atoms with Crippen molar-refractivity contribution in [1.82, 2.24) is 9.97 Å². The van der Waals surface area contributed by atoms with Crippen LogP contribution in [0.25, 0.3) is 0 Å². The van der Waals surface area contributed by atoms with Crippen molar-refractivity contribution in [2.75, 3.05) is 17.4 Å². The number of nitrogens with zero attached hydrogens (tertiary/aromatic N) is 3. The fourth-order valence-electron chi connectivity index (χ4n) is 1.53. The number of halogens is 2. The van der Waals surface area contributed by atoms with E-state index in [0.29, 0.717) is 21.8 Å². The Labute approximate surface area is 112 Å². The molecule has 3 N–H and O–H groups in total. The van der Waals surface area contributed by atoms with Crippen LogP contribution in [0.3, 0.4) is 0 Å². The van der Waals surface area contributed by atoms with Crippen LogP contribution in [0.2, 0.25) is 0 Å². The first-order valence-electron chi connectivity index (χ1n) is 5.10. The second kappa shape index (κ2) is 5.28. The van der Waals surface area contributed by atoms with E-state index in [0.717, 1.165) is 0 Å². The molecule has 0 spiro atoms. The number of aromatic nitrogens is 2. The molecule has 2 aromatic rings. The molecule has 7 heteroatoms. The number of nitrogens with two attached hydrogens (primary N) is 1. The van der Waals surface area contributed by atoms with Crippen LogP contribution in [0.1, 0.15) is 0 Å². The Kier molecular flexibility index (Phi) is 3.73. The van der Waals surface area contributed by atoms with Gasteiger partial charge in [-0.2, -0.15) is 0 Å². The average Bonchev–Trinajstić information content (AvgIpc) is 2.39. The van der Waals surface area contributed by atoms with Crippen LogP contribution in [-0.4, -0.2) is 17.0 Å². The van der Waals surface area contributed by atoms with Crippen molar-refractivity contribution < 1.29 is 4.39 Å². The summed E-state index contributed by atoms with van der Waals surface area (Å²) in [5.41, 5.74) is 2.85. The standard InChI is InChI=1S/C11H11BrFN5/c1-18(8-5-3-2-4-7(8)13)11-9(12)10(17-14)15-6-16-11/h2-6H,14H2,1H3,(H,15,16,17). The molecule has 0 fully saturated rings. The number of anilines is 3. The SMILES string of the molecule is CN(c1ccccc1F)c1ncnc(NN)c1Br. The van der Waals surface area contributed by atoms with Crippen LogP contribution in [0.5, 0.6) is 0 Å². The minimum absolute atomic E-state index is 0.326. The minimum Gasteiger partial charge on any atom is -0.326 e. The van der Waals surface area contributed by atoms with Gasteiger partial charge in [0.15, 0.2) is 11.6 Å². The van der Waals surface area contributed by atoms with E-state index in [1.165, 1.54) is 12.4 Å². The monoisotopic (exact) mass is 311 g/mol. The fourth-order valence-corrected chi connectivity index (χ4v) is 2.12. The quantitative estimate of drug-likeness (QED) is 0.673. The Morgan fingerprint density at radius 2 is 2.06 bits per heavy atom. The van der Waals surface area contributed by atoms with Crippen LogP contribution < -0.4 is 16.2 Å². The van der Waals surface area contributed by atoms with E-state index in [4.69, 9.17) is 5.84 Å². The van der Waals surface area contributed by atoms with Gasteiger partial charge in [-0.3, -0.25) is 0 Å². The molecule has 0 saturated heterocycles. The Balaban J connectivity index is 2.47. The highest BCUT2D eigenvalue weighted by molar-refractivity contribution is 9.10. The first kappa shape index (κ1) is 12.7. The summed E-state index contributed by atoms with van der Waals surface area (Å²) < 4.78 is 14.3. The van der Waals surface area contributed by atoms with Gasteiger partial charge in [-0.05, 0) is 28.1 Å². The first-order valence-corrected chi connectivity index (χ1v) is 5.90. The highest BCUT2D eigenvalue weighted by Crippen LogP contribution is 2.33. The summed E-state index contributed by atoms with van der Waals surface area (Å²) >= 11 is 3.33. The van der Waals surface area contributed by atoms with Gasteiger partial charge in [0.25, 0.3) is 0 Å². The van der Waals surface area contributed by atoms with E-state index in [1.807, 2.05) is 0 Å². The summed E-state index contributed by atoms with van der Waals surface area (Å²) in [6.45, 7) is 0. The second-order valence-electron chi connectivity index (χ2n) is 3.51. The number of benzene rings is 1. The molecule has 0 aliphatic heterocycles. The Morgan fingerprint density at radius 3 is 2.72 bits per heavy atom. The topological polar surface area (TPSA) is 67.1 Å². The number of nitrogen functional groups attached to an aromatic ring is 1. The Bertz CT molecular complexity index is 563. The number of rotatable bonds is 3. The van der Waals surface area contributed by atoms with Crippen LogP contribution in [0, 0.1) is 5.82 Å². The van der Waals surface area contributed by atoms with Gasteiger partial charge in [0.1, 0.15) is 16.6 Å². The van der Waals surface area contributed by atoms with E-state index in [9.17, 15) is 4.39 Å². The van der Waals surface area contributed by atoms with Gasteiger partial charge in [0.05, 0.1) is 5.69 Å². The van der Waals surface area contributed by atoms with Gasteiger partial charge in [0.2, 0.25) is 0 Å². The van der Waals surface area contributed by atoms with Crippen molar-refractivity contribution >= 4 is 33.3 Å².